The summed E-state index contributed by atoms with van der Waals surface area (Å²) in [5.74, 6) is -0.908. The van der Waals surface area contributed by atoms with E-state index in [9.17, 15) is 14.3 Å². The molecule has 22 heavy (non-hydrogen) atoms. The Kier molecular flexibility index (Phi) is 12.5. The van der Waals surface area contributed by atoms with Crippen LogP contribution in [-0.2, 0) is 18.4 Å². The van der Waals surface area contributed by atoms with Gasteiger partial charge in [0.1, 0.15) is 0 Å². The van der Waals surface area contributed by atoms with E-state index in [1.165, 1.54) is 51.9 Å². The first kappa shape index (κ1) is 21.4. The number of phosphoric ester groups is 1. The van der Waals surface area contributed by atoms with Gasteiger partial charge in [-0.2, -0.15) is 0 Å². The molecule has 0 spiro atoms. The summed E-state index contributed by atoms with van der Waals surface area (Å²) in [6, 6.07) is 0. The maximum Gasteiger partial charge on any atom is 0.529 e. The van der Waals surface area contributed by atoms with Gasteiger partial charge < -0.3 is 4.52 Å². The smallest absolute Gasteiger partial charge is 0.367 e. The summed E-state index contributed by atoms with van der Waals surface area (Å²) < 4.78 is 20.5. The SMILES string of the molecule is C=C(C)C(=O)OP(=O)(O)OCCCCCCCCCCCC. The topological polar surface area (TPSA) is 72.8 Å². The molecule has 0 heterocycles. The van der Waals surface area contributed by atoms with Crippen molar-refractivity contribution in [1.82, 2.24) is 0 Å². The lowest BCUT2D eigenvalue weighted by Crippen LogP contribution is -2.05. The Morgan fingerprint density at radius 2 is 1.45 bits per heavy atom. The predicted octanol–water partition coefficient (Wildman–Crippen LogP) is 5.14. The fourth-order valence-corrected chi connectivity index (χ4v) is 2.76. The highest BCUT2D eigenvalue weighted by Crippen LogP contribution is 2.43. The molecule has 0 aromatic rings. The summed E-state index contributed by atoms with van der Waals surface area (Å²) in [6.07, 6.45) is 11.7. The average Bonchev–Trinajstić information content (AvgIpc) is 2.44. The van der Waals surface area contributed by atoms with Crippen molar-refractivity contribution in [1.29, 1.82) is 0 Å². The van der Waals surface area contributed by atoms with Crippen LogP contribution >= 0.6 is 7.82 Å². The summed E-state index contributed by atoms with van der Waals surface area (Å²) in [5.41, 5.74) is 0.0665. The Labute approximate surface area is 134 Å². The Morgan fingerprint density at radius 1 is 1.00 bits per heavy atom. The lowest BCUT2D eigenvalue weighted by molar-refractivity contribution is -0.131. The molecule has 0 aromatic carbocycles. The fraction of sp³-hybridized carbons (Fsp3) is 0.812. The van der Waals surface area contributed by atoms with Gasteiger partial charge in [0.25, 0.3) is 0 Å². The van der Waals surface area contributed by atoms with Gasteiger partial charge in [-0.3, -0.25) is 9.42 Å². The van der Waals surface area contributed by atoms with E-state index in [1.54, 1.807) is 0 Å². The van der Waals surface area contributed by atoms with Crippen LogP contribution in [0.1, 0.15) is 78.1 Å². The van der Waals surface area contributed by atoms with Crippen LogP contribution in [0.25, 0.3) is 0 Å². The van der Waals surface area contributed by atoms with Crippen molar-refractivity contribution < 1.29 is 23.3 Å². The zero-order chi connectivity index (χ0) is 16.8. The maximum absolute atomic E-state index is 11.4. The van der Waals surface area contributed by atoms with Crippen molar-refractivity contribution >= 4 is 13.8 Å². The van der Waals surface area contributed by atoms with E-state index in [0.717, 1.165) is 12.8 Å². The van der Waals surface area contributed by atoms with Crippen LogP contribution < -0.4 is 0 Å². The second-order valence-corrected chi connectivity index (χ2v) is 7.02. The average molecular weight is 334 g/mol. The molecular weight excluding hydrogens is 303 g/mol. The van der Waals surface area contributed by atoms with Crippen molar-refractivity contribution in [2.24, 2.45) is 0 Å². The minimum absolute atomic E-state index is 0.0665. The van der Waals surface area contributed by atoms with Crippen molar-refractivity contribution in [2.75, 3.05) is 6.61 Å². The second-order valence-electron chi connectivity index (χ2n) is 5.64. The lowest BCUT2D eigenvalue weighted by Gasteiger charge is -2.11. The second kappa shape index (κ2) is 12.9. The Hall–Kier alpha value is -0.640. The summed E-state index contributed by atoms with van der Waals surface area (Å²) >= 11 is 0. The molecule has 0 aliphatic rings. The molecular formula is C16H31O5P. The van der Waals surface area contributed by atoms with Gasteiger partial charge in [0.2, 0.25) is 0 Å². The third kappa shape index (κ3) is 13.1. The molecule has 0 fully saturated rings. The number of hydrogen-bond acceptors (Lipinski definition) is 4. The van der Waals surface area contributed by atoms with Crippen LogP contribution in [0, 0.1) is 0 Å². The van der Waals surface area contributed by atoms with Crippen LogP contribution in [-0.4, -0.2) is 17.5 Å². The Bertz CT molecular complexity index is 368. The van der Waals surface area contributed by atoms with Gasteiger partial charge in [0.15, 0.2) is 0 Å². The quantitative estimate of drug-likeness (QED) is 0.270. The van der Waals surface area contributed by atoms with E-state index in [2.05, 4.69) is 18.0 Å². The first-order valence-electron chi connectivity index (χ1n) is 8.26. The number of hydrogen-bond donors (Lipinski definition) is 1. The first-order valence-corrected chi connectivity index (χ1v) is 9.75. The fourth-order valence-electron chi connectivity index (χ4n) is 1.98. The molecule has 0 saturated heterocycles. The predicted molar refractivity (Wildman–Crippen MR) is 88.5 cm³/mol. The van der Waals surface area contributed by atoms with Gasteiger partial charge >= 0.3 is 13.8 Å². The lowest BCUT2D eigenvalue weighted by atomic mass is 10.1. The van der Waals surface area contributed by atoms with E-state index in [-0.39, 0.29) is 12.2 Å². The third-order valence-electron chi connectivity index (χ3n) is 3.30. The molecule has 0 aromatic heterocycles. The van der Waals surface area contributed by atoms with E-state index >= 15 is 0 Å². The molecule has 1 atom stereocenters. The van der Waals surface area contributed by atoms with Gasteiger partial charge in [-0.1, -0.05) is 71.3 Å². The molecule has 0 aliphatic heterocycles. The first-order chi connectivity index (χ1) is 10.4. The highest BCUT2D eigenvalue weighted by atomic mass is 31.2. The molecule has 1 unspecified atom stereocenters. The van der Waals surface area contributed by atoms with Gasteiger partial charge in [-0.15, -0.1) is 0 Å². The van der Waals surface area contributed by atoms with Crippen molar-refractivity contribution in [3.63, 3.8) is 0 Å². The van der Waals surface area contributed by atoms with Crippen molar-refractivity contribution in [3.8, 4) is 0 Å². The molecule has 0 aliphatic carbocycles. The van der Waals surface area contributed by atoms with Crippen LogP contribution in [0.5, 0.6) is 0 Å². The minimum Gasteiger partial charge on any atom is -0.367 e. The largest absolute Gasteiger partial charge is 0.529 e. The number of rotatable bonds is 14. The summed E-state index contributed by atoms with van der Waals surface area (Å²) in [6.45, 7) is 7.08. The molecule has 0 radical (unpaired) electrons. The number of carbonyl (C=O) groups is 1. The molecule has 0 amide bonds. The normalized spacial score (nSPS) is 13.6. The van der Waals surface area contributed by atoms with Crippen LogP contribution in [0.15, 0.2) is 12.2 Å². The maximum atomic E-state index is 11.4. The third-order valence-corrected chi connectivity index (χ3v) is 4.20. The molecule has 1 N–H and O–H groups in total. The minimum atomic E-state index is -4.29. The van der Waals surface area contributed by atoms with Crippen molar-refractivity contribution in [3.05, 3.63) is 12.2 Å². The zero-order valence-corrected chi connectivity index (χ0v) is 14.9. The molecule has 0 saturated carbocycles. The number of carbonyl (C=O) groups excluding carboxylic acids is 1. The van der Waals surface area contributed by atoms with E-state index < -0.39 is 13.8 Å². The monoisotopic (exact) mass is 334 g/mol. The number of unbranched alkanes of at least 4 members (excludes halogenated alkanes) is 9. The summed E-state index contributed by atoms with van der Waals surface area (Å²) in [4.78, 5) is 20.5. The van der Waals surface area contributed by atoms with E-state index in [4.69, 9.17) is 4.52 Å². The van der Waals surface area contributed by atoms with E-state index in [0.29, 0.717) is 6.42 Å². The van der Waals surface area contributed by atoms with Gasteiger partial charge in [-0.25, -0.2) is 9.36 Å². The molecule has 130 valence electrons. The Balaban J connectivity index is 3.47. The van der Waals surface area contributed by atoms with Gasteiger partial charge in [0.05, 0.1) is 6.61 Å². The number of phosphoric acid groups is 1. The standard InChI is InChI=1S/C16H31O5P/c1-4-5-6-7-8-9-10-11-12-13-14-20-22(18,19)21-16(17)15(2)3/h2,4-14H2,1,3H3,(H,18,19). The van der Waals surface area contributed by atoms with Crippen LogP contribution in [0.3, 0.4) is 0 Å². The molecule has 0 rings (SSSR count). The highest BCUT2D eigenvalue weighted by Gasteiger charge is 2.25. The highest BCUT2D eigenvalue weighted by molar-refractivity contribution is 7.48. The van der Waals surface area contributed by atoms with Crippen LogP contribution in [0.4, 0.5) is 0 Å². The van der Waals surface area contributed by atoms with E-state index in [1.807, 2.05) is 0 Å². The molecule has 5 nitrogen and oxygen atoms in total. The molecule has 0 bridgehead atoms. The Morgan fingerprint density at radius 3 is 1.91 bits per heavy atom. The molecule has 6 heteroatoms. The van der Waals surface area contributed by atoms with Gasteiger partial charge in [0, 0.05) is 5.57 Å². The van der Waals surface area contributed by atoms with Crippen LogP contribution in [0.2, 0.25) is 0 Å². The zero-order valence-electron chi connectivity index (χ0n) is 14.0. The van der Waals surface area contributed by atoms with Gasteiger partial charge in [-0.05, 0) is 13.3 Å². The van der Waals surface area contributed by atoms with Crippen molar-refractivity contribution in [2.45, 2.75) is 78.1 Å². The summed E-state index contributed by atoms with van der Waals surface area (Å²) in [7, 11) is -4.29. The summed E-state index contributed by atoms with van der Waals surface area (Å²) in [5, 5.41) is 0.